The lowest BCUT2D eigenvalue weighted by Crippen LogP contribution is -2.14. The smallest absolute Gasteiger partial charge is 0.257 e. The summed E-state index contributed by atoms with van der Waals surface area (Å²) in [5.74, 6) is 1.03. The van der Waals surface area contributed by atoms with E-state index in [1.807, 2.05) is 49.0 Å². The van der Waals surface area contributed by atoms with Crippen LogP contribution in [0.1, 0.15) is 35.9 Å². The molecule has 0 fully saturated rings. The van der Waals surface area contributed by atoms with Gasteiger partial charge >= 0.3 is 0 Å². The number of hydrogen-bond donors (Lipinski definition) is 1. The van der Waals surface area contributed by atoms with Crippen LogP contribution in [-0.4, -0.2) is 37.6 Å². The van der Waals surface area contributed by atoms with E-state index in [0.29, 0.717) is 28.1 Å². The highest BCUT2D eigenvalue weighted by molar-refractivity contribution is 6.12. The zero-order valence-corrected chi connectivity index (χ0v) is 17.7. The molecular weight excluding hydrogens is 380 g/mol. The second kappa shape index (κ2) is 7.62. The van der Waals surface area contributed by atoms with Crippen LogP contribution in [0.25, 0.3) is 22.3 Å². The fourth-order valence-corrected chi connectivity index (χ4v) is 3.47. The number of methoxy groups -OCH3 is 1. The van der Waals surface area contributed by atoms with Gasteiger partial charge in [0.25, 0.3) is 5.91 Å². The second-order valence-corrected chi connectivity index (χ2v) is 7.45. The number of ether oxygens (including phenoxy) is 1. The Balaban J connectivity index is 1.75. The Kier molecular flexibility index (Phi) is 4.99. The highest BCUT2D eigenvalue weighted by Crippen LogP contribution is 2.27. The maximum absolute atomic E-state index is 13.2. The van der Waals surface area contributed by atoms with Crippen molar-refractivity contribution in [2.24, 2.45) is 7.05 Å². The third-order valence-corrected chi connectivity index (χ3v) is 4.99. The zero-order chi connectivity index (χ0) is 21.4. The van der Waals surface area contributed by atoms with Gasteiger partial charge in [-0.15, -0.1) is 0 Å². The molecule has 1 N–H and O–H groups in total. The Bertz CT molecular complexity index is 1220. The summed E-state index contributed by atoms with van der Waals surface area (Å²) in [5, 5.41) is 12.4. The SMILES string of the molecule is COc1ccc(-c2cc(C(=O)Nc3cc(C)n(C(C)C)n3)c3cnn(C)c3n2)cc1. The molecule has 0 radical (unpaired) electrons. The maximum Gasteiger partial charge on any atom is 0.257 e. The molecule has 0 saturated carbocycles. The third kappa shape index (κ3) is 3.52. The number of pyridine rings is 1. The normalized spacial score (nSPS) is 11.3. The van der Waals surface area contributed by atoms with Crippen LogP contribution in [-0.2, 0) is 7.05 Å². The van der Waals surface area contributed by atoms with Crippen molar-refractivity contribution >= 4 is 22.8 Å². The van der Waals surface area contributed by atoms with Crippen LogP contribution in [0.2, 0.25) is 0 Å². The number of anilines is 1. The van der Waals surface area contributed by atoms with E-state index >= 15 is 0 Å². The number of aromatic nitrogens is 5. The van der Waals surface area contributed by atoms with Gasteiger partial charge in [0.15, 0.2) is 11.5 Å². The van der Waals surface area contributed by atoms with Crippen LogP contribution in [0, 0.1) is 6.92 Å². The first-order valence-electron chi connectivity index (χ1n) is 9.72. The van der Waals surface area contributed by atoms with Crippen LogP contribution < -0.4 is 10.1 Å². The lowest BCUT2D eigenvalue weighted by Gasteiger charge is -2.09. The van der Waals surface area contributed by atoms with Gasteiger partial charge in [0.05, 0.1) is 30.0 Å². The zero-order valence-electron chi connectivity index (χ0n) is 17.7. The molecule has 1 amide bonds. The standard InChI is InChI=1S/C22H24N6O2/c1-13(2)28-14(3)10-20(26-28)25-22(29)17-11-19(15-6-8-16(30-5)9-7-15)24-21-18(17)12-23-27(21)4/h6-13H,1-5H3,(H,25,26,29). The van der Waals surface area contributed by atoms with Crippen molar-refractivity contribution in [1.29, 1.82) is 0 Å². The van der Waals surface area contributed by atoms with Crippen molar-refractivity contribution in [1.82, 2.24) is 24.5 Å². The van der Waals surface area contributed by atoms with Crippen LogP contribution in [0.3, 0.4) is 0 Å². The lowest BCUT2D eigenvalue weighted by molar-refractivity contribution is 0.102. The van der Waals surface area contributed by atoms with Crippen molar-refractivity contribution in [2.75, 3.05) is 12.4 Å². The minimum Gasteiger partial charge on any atom is -0.497 e. The van der Waals surface area contributed by atoms with Crippen molar-refractivity contribution in [3.63, 3.8) is 0 Å². The summed E-state index contributed by atoms with van der Waals surface area (Å²) >= 11 is 0. The molecule has 0 spiro atoms. The molecule has 0 atom stereocenters. The Morgan fingerprint density at radius 1 is 1.17 bits per heavy atom. The number of amides is 1. The summed E-state index contributed by atoms with van der Waals surface area (Å²) in [4.78, 5) is 17.9. The van der Waals surface area contributed by atoms with Crippen molar-refractivity contribution in [3.05, 3.63) is 53.9 Å². The van der Waals surface area contributed by atoms with Crippen LogP contribution in [0.15, 0.2) is 42.6 Å². The van der Waals surface area contributed by atoms with Gasteiger partial charge in [-0.1, -0.05) is 0 Å². The molecule has 30 heavy (non-hydrogen) atoms. The van der Waals surface area contributed by atoms with Gasteiger partial charge in [0.2, 0.25) is 0 Å². The van der Waals surface area contributed by atoms with Crippen LogP contribution in [0.4, 0.5) is 5.82 Å². The van der Waals surface area contributed by atoms with Gasteiger partial charge in [-0.25, -0.2) is 4.98 Å². The average Bonchev–Trinajstić information content (AvgIpc) is 3.29. The van der Waals surface area contributed by atoms with E-state index in [1.54, 1.807) is 24.1 Å². The number of nitrogens with one attached hydrogen (secondary N) is 1. The van der Waals surface area contributed by atoms with E-state index in [2.05, 4.69) is 29.4 Å². The molecule has 1 aromatic carbocycles. The lowest BCUT2D eigenvalue weighted by atomic mass is 10.1. The molecule has 4 rings (SSSR count). The largest absolute Gasteiger partial charge is 0.497 e. The van der Waals surface area contributed by atoms with Crippen LogP contribution in [0.5, 0.6) is 5.75 Å². The number of carbonyl (C=O) groups is 1. The van der Waals surface area contributed by atoms with E-state index in [4.69, 9.17) is 9.72 Å². The second-order valence-electron chi connectivity index (χ2n) is 7.45. The molecule has 154 valence electrons. The summed E-state index contributed by atoms with van der Waals surface area (Å²) in [6, 6.07) is 11.4. The summed E-state index contributed by atoms with van der Waals surface area (Å²) in [5.41, 5.74) is 3.68. The van der Waals surface area contributed by atoms with Gasteiger partial charge < -0.3 is 10.1 Å². The molecule has 8 nitrogen and oxygen atoms in total. The average molecular weight is 404 g/mol. The van der Waals surface area contributed by atoms with Crippen LogP contribution >= 0.6 is 0 Å². The number of fused-ring (bicyclic) bond motifs is 1. The monoisotopic (exact) mass is 404 g/mol. The quantitative estimate of drug-likeness (QED) is 0.544. The number of nitrogens with zero attached hydrogens (tertiary/aromatic N) is 5. The van der Waals surface area contributed by atoms with E-state index in [0.717, 1.165) is 17.0 Å². The minimum atomic E-state index is -0.251. The fourth-order valence-electron chi connectivity index (χ4n) is 3.47. The third-order valence-electron chi connectivity index (χ3n) is 4.99. The summed E-state index contributed by atoms with van der Waals surface area (Å²) in [6.45, 7) is 6.07. The summed E-state index contributed by atoms with van der Waals surface area (Å²) < 4.78 is 8.77. The predicted octanol–water partition coefficient (Wildman–Crippen LogP) is 3.98. The van der Waals surface area contributed by atoms with Crippen molar-refractivity contribution in [2.45, 2.75) is 26.8 Å². The Labute approximate surface area is 174 Å². The molecule has 0 saturated heterocycles. The Morgan fingerprint density at radius 2 is 1.90 bits per heavy atom. The fraction of sp³-hybridized carbons (Fsp3) is 0.273. The molecule has 0 bridgehead atoms. The Hall–Kier alpha value is -3.68. The molecule has 3 heterocycles. The van der Waals surface area contributed by atoms with Gasteiger partial charge in [0, 0.05) is 30.4 Å². The van der Waals surface area contributed by atoms with E-state index < -0.39 is 0 Å². The van der Waals surface area contributed by atoms with Crippen molar-refractivity contribution < 1.29 is 9.53 Å². The summed E-state index contributed by atoms with van der Waals surface area (Å²) in [6.07, 6.45) is 1.66. The number of aryl methyl sites for hydroxylation is 2. The Morgan fingerprint density at radius 3 is 2.53 bits per heavy atom. The van der Waals surface area contributed by atoms with Gasteiger partial charge in [-0.05, 0) is 51.1 Å². The van der Waals surface area contributed by atoms with Gasteiger partial charge in [-0.3, -0.25) is 14.2 Å². The number of rotatable bonds is 5. The first-order chi connectivity index (χ1) is 14.4. The molecule has 8 heteroatoms. The van der Waals surface area contributed by atoms with Gasteiger partial charge in [-0.2, -0.15) is 10.2 Å². The van der Waals surface area contributed by atoms with Crippen molar-refractivity contribution in [3.8, 4) is 17.0 Å². The molecule has 0 aliphatic rings. The molecule has 0 aliphatic carbocycles. The predicted molar refractivity (Wildman–Crippen MR) is 116 cm³/mol. The molecule has 4 aromatic rings. The van der Waals surface area contributed by atoms with E-state index in [-0.39, 0.29) is 11.9 Å². The topological polar surface area (TPSA) is 86.9 Å². The minimum absolute atomic E-state index is 0.211. The number of hydrogen-bond acceptors (Lipinski definition) is 5. The summed E-state index contributed by atoms with van der Waals surface area (Å²) in [7, 11) is 3.43. The first-order valence-corrected chi connectivity index (χ1v) is 9.72. The molecule has 0 aliphatic heterocycles. The number of benzene rings is 1. The molecule has 3 aromatic heterocycles. The number of carbonyl (C=O) groups excluding carboxylic acids is 1. The molecule has 0 unspecified atom stereocenters. The van der Waals surface area contributed by atoms with E-state index in [9.17, 15) is 4.79 Å². The van der Waals surface area contributed by atoms with E-state index in [1.165, 1.54) is 0 Å². The highest BCUT2D eigenvalue weighted by atomic mass is 16.5. The maximum atomic E-state index is 13.2. The van der Waals surface area contributed by atoms with Gasteiger partial charge in [0.1, 0.15) is 5.75 Å². The first kappa shape index (κ1) is 19.6. The molecular formula is C22H24N6O2. The highest BCUT2D eigenvalue weighted by Gasteiger charge is 2.18.